The zero-order chi connectivity index (χ0) is 10.8. The van der Waals surface area contributed by atoms with Crippen LogP contribution in [0, 0.1) is 18.6 Å². The van der Waals surface area contributed by atoms with Crippen molar-refractivity contribution in [2.75, 3.05) is 0 Å². The normalized spacial score (nSPS) is 10.6. The molecule has 2 aromatic rings. The number of halogens is 2. The molecule has 15 heavy (non-hydrogen) atoms. The molecule has 1 heterocycles. The van der Waals surface area contributed by atoms with Crippen molar-refractivity contribution >= 4 is 0 Å². The number of hydrogen-bond acceptors (Lipinski definition) is 1. The van der Waals surface area contributed by atoms with E-state index in [9.17, 15) is 8.78 Å². The third kappa shape index (κ3) is 2.03. The first-order valence-electron chi connectivity index (χ1n) is 4.60. The Hall–Kier alpha value is -1.71. The number of benzene rings is 1. The molecule has 0 unspecified atom stereocenters. The number of nitrogens with zero attached hydrogens (tertiary/aromatic N) is 2. The molecule has 0 atom stereocenters. The first-order chi connectivity index (χ1) is 7.16. The third-order valence-electron chi connectivity index (χ3n) is 2.16. The molecule has 0 N–H and O–H groups in total. The molecule has 0 spiro atoms. The van der Waals surface area contributed by atoms with Crippen LogP contribution in [0.5, 0.6) is 0 Å². The molecule has 0 saturated carbocycles. The summed E-state index contributed by atoms with van der Waals surface area (Å²) in [7, 11) is 0. The van der Waals surface area contributed by atoms with E-state index in [-0.39, 0.29) is 12.1 Å². The maximum atomic E-state index is 13.3. The second-order valence-electron chi connectivity index (χ2n) is 3.35. The molecular formula is C11H10F2N2. The van der Waals surface area contributed by atoms with Gasteiger partial charge in [0.1, 0.15) is 11.6 Å². The van der Waals surface area contributed by atoms with Gasteiger partial charge >= 0.3 is 0 Å². The molecule has 0 fully saturated rings. The third-order valence-corrected chi connectivity index (χ3v) is 2.16. The Morgan fingerprint density at radius 2 is 1.87 bits per heavy atom. The van der Waals surface area contributed by atoms with E-state index in [1.807, 2.05) is 6.92 Å². The van der Waals surface area contributed by atoms with Gasteiger partial charge in [0.2, 0.25) is 0 Å². The van der Waals surface area contributed by atoms with Crippen LogP contribution in [0.1, 0.15) is 11.3 Å². The van der Waals surface area contributed by atoms with E-state index >= 15 is 0 Å². The highest BCUT2D eigenvalue weighted by molar-refractivity contribution is 5.19. The van der Waals surface area contributed by atoms with Gasteiger partial charge < -0.3 is 0 Å². The summed E-state index contributed by atoms with van der Waals surface area (Å²) in [6.45, 7) is 1.94. The molecule has 0 aliphatic carbocycles. The Labute approximate surface area is 86.2 Å². The standard InChI is InChI=1S/C11H10F2N2/c1-8-5-6-15(14-8)7-9-10(12)3-2-4-11(9)13/h2-6H,7H2,1H3. The Morgan fingerprint density at radius 3 is 2.40 bits per heavy atom. The number of aromatic nitrogens is 2. The fourth-order valence-corrected chi connectivity index (χ4v) is 1.40. The summed E-state index contributed by atoms with van der Waals surface area (Å²) in [5.41, 5.74) is 0.868. The highest BCUT2D eigenvalue weighted by Gasteiger charge is 2.08. The summed E-state index contributed by atoms with van der Waals surface area (Å²) < 4.78 is 28.0. The number of rotatable bonds is 2. The molecule has 4 heteroatoms. The van der Waals surface area contributed by atoms with Crippen molar-refractivity contribution in [3.05, 3.63) is 53.4 Å². The van der Waals surface area contributed by atoms with E-state index in [0.717, 1.165) is 5.69 Å². The predicted molar refractivity (Wildman–Crippen MR) is 52.4 cm³/mol. The lowest BCUT2D eigenvalue weighted by atomic mass is 10.2. The van der Waals surface area contributed by atoms with Gasteiger partial charge in [-0.15, -0.1) is 0 Å². The van der Waals surface area contributed by atoms with Crippen LogP contribution in [0.25, 0.3) is 0 Å². The summed E-state index contributed by atoms with van der Waals surface area (Å²) in [5.74, 6) is -1.08. The lowest BCUT2D eigenvalue weighted by Crippen LogP contribution is -2.05. The maximum Gasteiger partial charge on any atom is 0.131 e. The fraction of sp³-hybridized carbons (Fsp3) is 0.182. The minimum atomic E-state index is -0.539. The van der Waals surface area contributed by atoms with Crippen molar-refractivity contribution in [3.63, 3.8) is 0 Å². The Bertz CT molecular complexity index is 457. The Kier molecular flexibility index (Phi) is 2.49. The first kappa shape index (κ1) is 9.83. The zero-order valence-corrected chi connectivity index (χ0v) is 8.24. The molecule has 1 aromatic carbocycles. The van der Waals surface area contributed by atoms with Gasteiger partial charge in [-0.05, 0) is 25.1 Å². The van der Waals surface area contributed by atoms with Crippen molar-refractivity contribution < 1.29 is 8.78 Å². The fourth-order valence-electron chi connectivity index (χ4n) is 1.40. The molecule has 2 nitrogen and oxygen atoms in total. The molecule has 0 aliphatic heterocycles. The van der Waals surface area contributed by atoms with Crippen molar-refractivity contribution in [3.8, 4) is 0 Å². The maximum absolute atomic E-state index is 13.3. The van der Waals surface area contributed by atoms with Crippen LogP contribution >= 0.6 is 0 Å². The summed E-state index contributed by atoms with van der Waals surface area (Å²) in [6.07, 6.45) is 1.70. The van der Waals surface area contributed by atoms with Gasteiger partial charge in [0, 0.05) is 11.8 Å². The molecular weight excluding hydrogens is 198 g/mol. The van der Waals surface area contributed by atoms with E-state index in [2.05, 4.69) is 5.10 Å². The minimum Gasteiger partial charge on any atom is -0.268 e. The molecule has 1 aromatic heterocycles. The van der Waals surface area contributed by atoms with Gasteiger partial charge in [-0.1, -0.05) is 6.07 Å². The second kappa shape index (κ2) is 3.81. The summed E-state index contributed by atoms with van der Waals surface area (Å²) >= 11 is 0. The Morgan fingerprint density at radius 1 is 1.20 bits per heavy atom. The highest BCUT2D eigenvalue weighted by atomic mass is 19.1. The van der Waals surface area contributed by atoms with Crippen molar-refractivity contribution in [2.24, 2.45) is 0 Å². The van der Waals surface area contributed by atoms with Crippen LogP contribution in [0.15, 0.2) is 30.5 Å². The monoisotopic (exact) mass is 208 g/mol. The van der Waals surface area contributed by atoms with Gasteiger partial charge in [-0.2, -0.15) is 5.10 Å². The molecule has 0 bridgehead atoms. The summed E-state index contributed by atoms with van der Waals surface area (Å²) in [5, 5.41) is 4.07. The second-order valence-corrected chi connectivity index (χ2v) is 3.35. The number of aryl methyl sites for hydroxylation is 1. The van der Waals surface area contributed by atoms with Gasteiger partial charge in [0.05, 0.1) is 12.2 Å². The van der Waals surface area contributed by atoms with Gasteiger partial charge in [-0.3, -0.25) is 4.68 Å². The summed E-state index contributed by atoms with van der Waals surface area (Å²) in [6, 6.07) is 5.63. The quantitative estimate of drug-likeness (QED) is 0.741. The molecule has 0 aliphatic rings. The van der Waals surface area contributed by atoms with Crippen molar-refractivity contribution in [2.45, 2.75) is 13.5 Å². The zero-order valence-electron chi connectivity index (χ0n) is 8.24. The van der Waals surface area contributed by atoms with Crippen LogP contribution in [0.2, 0.25) is 0 Å². The van der Waals surface area contributed by atoms with Crippen LogP contribution in [-0.4, -0.2) is 9.78 Å². The van der Waals surface area contributed by atoms with E-state index < -0.39 is 11.6 Å². The summed E-state index contributed by atoms with van der Waals surface area (Å²) in [4.78, 5) is 0. The van der Waals surface area contributed by atoms with Gasteiger partial charge in [0.25, 0.3) is 0 Å². The lowest BCUT2D eigenvalue weighted by molar-refractivity contribution is 0.532. The molecule has 78 valence electrons. The molecule has 2 rings (SSSR count). The van der Waals surface area contributed by atoms with Crippen LogP contribution < -0.4 is 0 Å². The molecule has 0 amide bonds. The molecule has 0 saturated heterocycles. The van der Waals surface area contributed by atoms with E-state index in [4.69, 9.17) is 0 Å². The van der Waals surface area contributed by atoms with E-state index in [0.29, 0.717) is 0 Å². The average molecular weight is 208 g/mol. The van der Waals surface area contributed by atoms with E-state index in [1.165, 1.54) is 22.9 Å². The van der Waals surface area contributed by atoms with E-state index in [1.54, 1.807) is 12.3 Å². The van der Waals surface area contributed by atoms with Gasteiger partial charge in [0.15, 0.2) is 0 Å². The predicted octanol–water partition coefficient (Wildman–Crippen LogP) is 2.52. The Balaban J connectivity index is 2.31. The van der Waals surface area contributed by atoms with Crippen LogP contribution in [0.4, 0.5) is 8.78 Å². The first-order valence-corrected chi connectivity index (χ1v) is 4.60. The molecule has 0 radical (unpaired) electrons. The highest BCUT2D eigenvalue weighted by Crippen LogP contribution is 2.13. The number of hydrogen-bond donors (Lipinski definition) is 0. The lowest BCUT2D eigenvalue weighted by Gasteiger charge is -2.04. The SMILES string of the molecule is Cc1ccn(Cc2c(F)cccc2F)n1. The topological polar surface area (TPSA) is 17.8 Å². The van der Waals surface area contributed by atoms with Crippen LogP contribution in [-0.2, 0) is 6.54 Å². The smallest absolute Gasteiger partial charge is 0.131 e. The van der Waals surface area contributed by atoms with Crippen LogP contribution in [0.3, 0.4) is 0 Å². The average Bonchev–Trinajstić information content (AvgIpc) is 2.58. The van der Waals surface area contributed by atoms with Gasteiger partial charge in [-0.25, -0.2) is 8.78 Å². The van der Waals surface area contributed by atoms with Crippen molar-refractivity contribution in [1.82, 2.24) is 9.78 Å². The van der Waals surface area contributed by atoms with Crippen molar-refractivity contribution in [1.29, 1.82) is 0 Å². The minimum absolute atomic E-state index is 0.0422. The largest absolute Gasteiger partial charge is 0.268 e.